The van der Waals surface area contributed by atoms with Gasteiger partial charge >= 0.3 is 0 Å². The van der Waals surface area contributed by atoms with Gasteiger partial charge in [0.2, 0.25) is 5.91 Å². The Kier molecular flexibility index (Phi) is 3.47. The first-order valence-electron chi connectivity index (χ1n) is 8.50. The first-order chi connectivity index (χ1) is 11.2. The lowest BCUT2D eigenvalue weighted by Gasteiger charge is -2.12. The van der Waals surface area contributed by atoms with Crippen LogP contribution in [0.3, 0.4) is 0 Å². The molecule has 1 heterocycles. The van der Waals surface area contributed by atoms with Crippen molar-refractivity contribution in [3.8, 4) is 0 Å². The van der Waals surface area contributed by atoms with Gasteiger partial charge in [-0.25, -0.2) is 0 Å². The zero-order valence-corrected chi connectivity index (χ0v) is 13.6. The molecule has 0 saturated heterocycles. The monoisotopic (exact) mass is 309 g/mol. The smallest absolute Gasteiger partial charge is 0.220 e. The topological polar surface area (TPSA) is 46.9 Å². The van der Waals surface area contributed by atoms with Crippen molar-refractivity contribution in [1.29, 1.82) is 0 Å². The molecule has 1 saturated carbocycles. The van der Waals surface area contributed by atoms with Gasteiger partial charge in [-0.15, -0.1) is 0 Å². The molecule has 4 heteroatoms. The van der Waals surface area contributed by atoms with Gasteiger partial charge < -0.3 is 5.32 Å². The Morgan fingerprint density at radius 1 is 1.43 bits per heavy atom. The second-order valence-electron chi connectivity index (χ2n) is 7.04. The summed E-state index contributed by atoms with van der Waals surface area (Å²) in [4.78, 5) is 12.1. The number of aryl methyl sites for hydroxylation is 3. The average Bonchev–Trinajstić information content (AvgIpc) is 2.89. The van der Waals surface area contributed by atoms with E-state index in [-0.39, 0.29) is 5.91 Å². The van der Waals surface area contributed by atoms with E-state index in [9.17, 15) is 4.79 Å². The molecule has 4 rings (SSSR count). The normalized spacial score (nSPS) is 24.7. The number of rotatable bonds is 5. The van der Waals surface area contributed by atoms with Crippen LogP contribution < -0.4 is 5.32 Å². The summed E-state index contributed by atoms with van der Waals surface area (Å²) in [5.41, 5.74) is 4.54. The molecular formula is C19H23N3O. The van der Waals surface area contributed by atoms with Crippen LogP contribution in [0.4, 0.5) is 0 Å². The van der Waals surface area contributed by atoms with E-state index in [4.69, 9.17) is 0 Å². The fourth-order valence-electron chi connectivity index (χ4n) is 4.19. The predicted molar refractivity (Wildman–Crippen MR) is 89.1 cm³/mol. The highest BCUT2D eigenvalue weighted by Crippen LogP contribution is 2.61. The number of hydrogen-bond donors (Lipinski definition) is 1. The lowest BCUT2D eigenvalue weighted by atomic mass is 9.95. The highest BCUT2D eigenvalue weighted by molar-refractivity contribution is 5.76. The highest BCUT2D eigenvalue weighted by Gasteiger charge is 2.57. The third-order valence-electron chi connectivity index (χ3n) is 5.57. The van der Waals surface area contributed by atoms with Gasteiger partial charge in [0.05, 0.1) is 6.20 Å². The van der Waals surface area contributed by atoms with E-state index in [0.29, 0.717) is 17.8 Å². The van der Waals surface area contributed by atoms with Gasteiger partial charge in [-0.05, 0) is 48.3 Å². The second kappa shape index (κ2) is 5.52. The summed E-state index contributed by atoms with van der Waals surface area (Å²) in [5.74, 6) is 0.774. The van der Waals surface area contributed by atoms with Gasteiger partial charge in [0, 0.05) is 31.6 Å². The molecule has 4 nitrogen and oxygen atoms in total. The summed E-state index contributed by atoms with van der Waals surface area (Å²) < 4.78 is 1.78. The molecule has 2 aliphatic carbocycles. The summed E-state index contributed by atoms with van der Waals surface area (Å²) >= 11 is 0. The zero-order valence-electron chi connectivity index (χ0n) is 13.6. The Hall–Kier alpha value is -2.10. The minimum Gasteiger partial charge on any atom is -0.356 e. The Morgan fingerprint density at radius 2 is 2.30 bits per heavy atom. The quantitative estimate of drug-likeness (QED) is 0.922. The van der Waals surface area contributed by atoms with Crippen LogP contribution >= 0.6 is 0 Å². The van der Waals surface area contributed by atoms with E-state index in [1.54, 1.807) is 4.68 Å². The molecule has 1 amide bonds. The summed E-state index contributed by atoms with van der Waals surface area (Å²) in [6.45, 7) is 0.820. The van der Waals surface area contributed by atoms with Crippen LogP contribution in [0.15, 0.2) is 36.7 Å². The zero-order chi connectivity index (χ0) is 15.9. The first kappa shape index (κ1) is 14.5. The van der Waals surface area contributed by atoms with Crippen molar-refractivity contribution < 1.29 is 4.79 Å². The maximum absolute atomic E-state index is 12.1. The lowest BCUT2D eigenvalue weighted by Crippen LogP contribution is -2.27. The minimum absolute atomic E-state index is 0.155. The van der Waals surface area contributed by atoms with E-state index in [2.05, 4.69) is 34.7 Å². The maximum atomic E-state index is 12.1. The Balaban J connectivity index is 1.27. The van der Waals surface area contributed by atoms with Crippen molar-refractivity contribution in [1.82, 2.24) is 15.1 Å². The molecule has 1 aromatic carbocycles. The van der Waals surface area contributed by atoms with E-state index in [0.717, 1.165) is 18.5 Å². The lowest BCUT2D eigenvalue weighted by molar-refractivity contribution is -0.121. The number of fused-ring (bicyclic) bond motifs is 2. The average molecular weight is 309 g/mol. The third-order valence-corrected chi connectivity index (χ3v) is 5.57. The maximum Gasteiger partial charge on any atom is 0.220 e. The van der Waals surface area contributed by atoms with Crippen LogP contribution in [0, 0.1) is 5.92 Å². The molecule has 0 aliphatic heterocycles. The fraction of sp³-hybridized carbons (Fsp3) is 0.474. The number of benzene rings is 1. The van der Waals surface area contributed by atoms with E-state index in [1.807, 2.05) is 19.4 Å². The van der Waals surface area contributed by atoms with Crippen LogP contribution in [0.25, 0.3) is 0 Å². The Labute approximate surface area is 136 Å². The number of amides is 1. The molecule has 1 N–H and O–H groups in total. The van der Waals surface area contributed by atoms with Gasteiger partial charge in [0.1, 0.15) is 0 Å². The summed E-state index contributed by atoms with van der Waals surface area (Å²) in [6.07, 6.45) is 8.79. The number of hydrogen-bond acceptors (Lipinski definition) is 2. The molecule has 2 aliphatic rings. The van der Waals surface area contributed by atoms with Gasteiger partial charge in [0.25, 0.3) is 0 Å². The van der Waals surface area contributed by atoms with Crippen LogP contribution in [0.1, 0.15) is 36.0 Å². The van der Waals surface area contributed by atoms with Crippen molar-refractivity contribution >= 4 is 5.91 Å². The Bertz CT molecular complexity index is 736. The summed E-state index contributed by atoms with van der Waals surface area (Å²) in [7, 11) is 1.90. The minimum atomic E-state index is 0.155. The molecule has 2 unspecified atom stereocenters. The largest absolute Gasteiger partial charge is 0.356 e. The van der Waals surface area contributed by atoms with Crippen LogP contribution in [-0.4, -0.2) is 22.2 Å². The predicted octanol–water partition coefficient (Wildman–Crippen LogP) is 2.37. The molecule has 1 spiro atoms. The molecule has 1 fully saturated rings. The van der Waals surface area contributed by atoms with Crippen LogP contribution in [0.5, 0.6) is 0 Å². The third kappa shape index (κ3) is 2.67. The van der Waals surface area contributed by atoms with Gasteiger partial charge in [-0.2, -0.15) is 5.10 Å². The molecular weight excluding hydrogens is 286 g/mol. The number of nitrogens with one attached hydrogen (secondary N) is 1. The summed E-state index contributed by atoms with van der Waals surface area (Å²) in [6, 6.07) is 8.82. The molecule has 0 bridgehead atoms. The molecule has 2 aromatic rings. The number of carbonyl (C=O) groups is 1. The van der Waals surface area contributed by atoms with E-state index >= 15 is 0 Å². The van der Waals surface area contributed by atoms with Crippen molar-refractivity contribution in [2.24, 2.45) is 13.0 Å². The number of nitrogens with zero attached hydrogens (tertiary/aromatic N) is 2. The van der Waals surface area contributed by atoms with Gasteiger partial charge in [-0.1, -0.05) is 24.3 Å². The standard InChI is InChI=1S/C19H23N3O/c1-22-13-14(11-21-22)6-7-18(23)20-12-16-10-19(16)9-8-15-4-2-3-5-17(15)19/h2-5,11,13,16H,6-10,12H2,1H3,(H,20,23). The number of carbonyl (C=O) groups excluding carboxylic acids is 1. The van der Waals surface area contributed by atoms with Gasteiger partial charge in [-0.3, -0.25) is 9.48 Å². The highest BCUT2D eigenvalue weighted by atomic mass is 16.1. The van der Waals surface area contributed by atoms with Crippen molar-refractivity contribution in [2.45, 2.75) is 37.5 Å². The molecule has 2 atom stereocenters. The molecule has 0 radical (unpaired) electrons. The molecule has 120 valence electrons. The fourth-order valence-corrected chi connectivity index (χ4v) is 4.19. The Morgan fingerprint density at radius 3 is 3.13 bits per heavy atom. The molecule has 1 aromatic heterocycles. The van der Waals surface area contributed by atoms with Crippen molar-refractivity contribution in [3.63, 3.8) is 0 Å². The van der Waals surface area contributed by atoms with E-state index in [1.165, 1.54) is 30.4 Å². The van der Waals surface area contributed by atoms with Crippen LogP contribution in [0.2, 0.25) is 0 Å². The van der Waals surface area contributed by atoms with E-state index < -0.39 is 0 Å². The summed E-state index contributed by atoms with van der Waals surface area (Å²) in [5, 5.41) is 7.27. The number of aromatic nitrogens is 2. The molecule has 23 heavy (non-hydrogen) atoms. The second-order valence-corrected chi connectivity index (χ2v) is 7.04. The first-order valence-corrected chi connectivity index (χ1v) is 8.50. The van der Waals surface area contributed by atoms with Gasteiger partial charge in [0.15, 0.2) is 0 Å². The van der Waals surface area contributed by atoms with Crippen molar-refractivity contribution in [2.75, 3.05) is 6.54 Å². The van der Waals surface area contributed by atoms with Crippen LogP contribution in [-0.2, 0) is 30.1 Å². The van der Waals surface area contributed by atoms with Crippen molar-refractivity contribution in [3.05, 3.63) is 53.3 Å². The SMILES string of the molecule is Cn1cc(CCC(=O)NCC2CC23CCc2ccccc23)cn1.